The molecule has 0 saturated carbocycles. The highest BCUT2D eigenvalue weighted by atomic mass is 79.9. The molecule has 1 aromatic rings. The molecule has 2 heterocycles. The second-order valence-electron chi connectivity index (χ2n) is 7.63. The van der Waals surface area contributed by atoms with Crippen LogP contribution in [0.5, 0.6) is 0 Å². The molecule has 0 aromatic heterocycles. The van der Waals surface area contributed by atoms with E-state index in [0.29, 0.717) is 6.61 Å². The average Bonchev–Trinajstić information content (AvgIpc) is 2.86. The zero-order valence-corrected chi connectivity index (χ0v) is 15.9. The lowest BCUT2D eigenvalue weighted by Gasteiger charge is -2.39. The van der Waals surface area contributed by atoms with E-state index < -0.39 is 11.2 Å². The number of carbonyl (C=O) groups excluding carboxylic acids is 1. The van der Waals surface area contributed by atoms with Crippen LogP contribution in [0, 0.1) is 0 Å². The lowest BCUT2D eigenvalue weighted by atomic mass is 9.82. The van der Waals surface area contributed by atoms with Crippen LogP contribution >= 0.6 is 15.9 Å². The van der Waals surface area contributed by atoms with Crippen molar-refractivity contribution in [3.8, 4) is 0 Å². The van der Waals surface area contributed by atoms with E-state index in [1.807, 2.05) is 45.0 Å². The van der Waals surface area contributed by atoms with Gasteiger partial charge in [0.2, 0.25) is 0 Å². The Kier molecular flexibility index (Phi) is 4.77. The van der Waals surface area contributed by atoms with Crippen molar-refractivity contribution in [1.29, 1.82) is 0 Å². The maximum atomic E-state index is 12.1. The minimum Gasteiger partial charge on any atom is -0.458 e. The Bertz CT molecular complexity index is 606. The number of carbonyl (C=O) groups is 1. The molecule has 132 valence electrons. The van der Waals surface area contributed by atoms with Gasteiger partial charge in [-0.1, -0.05) is 28.1 Å². The van der Waals surface area contributed by atoms with Gasteiger partial charge in [0.15, 0.2) is 0 Å². The Balaban J connectivity index is 1.76. The first-order valence-electron chi connectivity index (χ1n) is 8.19. The fraction of sp³-hybridized carbons (Fsp3) is 0.611. The van der Waals surface area contributed by atoms with Gasteiger partial charge in [0, 0.05) is 24.0 Å². The van der Waals surface area contributed by atoms with E-state index in [4.69, 9.17) is 14.2 Å². The number of esters is 1. The topological polar surface area (TPSA) is 56.8 Å². The maximum Gasteiger partial charge on any atom is 0.332 e. The first kappa shape index (κ1) is 17.9. The summed E-state index contributed by atoms with van der Waals surface area (Å²) in [5, 5.41) is 3.26. The van der Waals surface area contributed by atoms with Crippen molar-refractivity contribution in [2.24, 2.45) is 0 Å². The van der Waals surface area contributed by atoms with E-state index in [-0.39, 0.29) is 18.2 Å². The van der Waals surface area contributed by atoms with E-state index in [0.717, 1.165) is 29.5 Å². The van der Waals surface area contributed by atoms with Crippen LogP contribution in [0.25, 0.3) is 0 Å². The van der Waals surface area contributed by atoms with Crippen LogP contribution < -0.4 is 5.32 Å². The number of ether oxygens (including phenoxy) is 3. The van der Waals surface area contributed by atoms with Crippen molar-refractivity contribution >= 4 is 21.9 Å². The standard InChI is InChI=1S/C18H24BrNO4/c1-16(2,3)24-15(21)8-22-18(13-4-6-14(19)7-5-13)9-17(23-12-18)10-20-11-17/h4-7,20H,8-12H2,1-3H3. The number of benzene rings is 1. The molecule has 1 spiro atoms. The van der Waals surface area contributed by atoms with Gasteiger partial charge in [0.1, 0.15) is 17.8 Å². The van der Waals surface area contributed by atoms with Crippen molar-refractivity contribution in [2.45, 2.75) is 44.0 Å². The summed E-state index contributed by atoms with van der Waals surface area (Å²) in [6.07, 6.45) is 0.734. The van der Waals surface area contributed by atoms with E-state index in [1.165, 1.54) is 0 Å². The highest BCUT2D eigenvalue weighted by Crippen LogP contribution is 2.44. The molecule has 1 atom stereocenters. The molecular formula is C18H24BrNO4. The second-order valence-corrected chi connectivity index (χ2v) is 8.54. The lowest BCUT2D eigenvalue weighted by Crippen LogP contribution is -2.59. The molecule has 0 amide bonds. The molecule has 5 nitrogen and oxygen atoms in total. The molecule has 2 aliphatic rings. The Hall–Kier alpha value is -0.950. The number of nitrogens with one attached hydrogen (secondary N) is 1. The molecule has 0 radical (unpaired) electrons. The molecule has 0 bridgehead atoms. The van der Waals surface area contributed by atoms with Gasteiger partial charge in [-0.3, -0.25) is 0 Å². The highest BCUT2D eigenvalue weighted by Gasteiger charge is 2.54. The van der Waals surface area contributed by atoms with Crippen LogP contribution in [0.3, 0.4) is 0 Å². The van der Waals surface area contributed by atoms with Crippen LogP contribution in [0.2, 0.25) is 0 Å². The van der Waals surface area contributed by atoms with Gasteiger partial charge in [0.05, 0.1) is 12.2 Å². The normalized spacial score (nSPS) is 25.5. The van der Waals surface area contributed by atoms with Crippen LogP contribution in [-0.2, 0) is 24.6 Å². The van der Waals surface area contributed by atoms with Gasteiger partial charge >= 0.3 is 5.97 Å². The molecule has 24 heavy (non-hydrogen) atoms. The molecule has 2 aliphatic heterocycles. The maximum absolute atomic E-state index is 12.1. The third kappa shape index (κ3) is 3.82. The Morgan fingerprint density at radius 1 is 1.29 bits per heavy atom. The molecular weight excluding hydrogens is 374 g/mol. The minimum atomic E-state index is -0.611. The smallest absolute Gasteiger partial charge is 0.332 e. The monoisotopic (exact) mass is 397 g/mol. The van der Waals surface area contributed by atoms with Crippen LogP contribution in [0.1, 0.15) is 32.8 Å². The predicted molar refractivity (Wildman–Crippen MR) is 93.8 cm³/mol. The lowest BCUT2D eigenvalue weighted by molar-refractivity contribution is -0.168. The molecule has 0 aliphatic carbocycles. The summed E-state index contributed by atoms with van der Waals surface area (Å²) in [7, 11) is 0. The molecule has 6 heteroatoms. The number of halogens is 1. The van der Waals surface area contributed by atoms with Crippen LogP contribution in [-0.4, -0.2) is 43.5 Å². The largest absolute Gasteiger partial charge is 0.458 e. The molecule has 2 saturated heterocycles. The highest BCUT2D eigenvalue weighted by molar-refractivity contribution is 9.10. The predicted octanol–water partition coefficient (Wildman–Crippen LogP) is 2.77. The van der Waals surface area contributed by atoms with Crippen molar-refractivity contribution in [3.05, 3.63) is 34.3 Å². The summed E-state index contributed by atoms with van der Waals surface area (Å²) < 4.78 is 18.5. The summed E-state index contributed by atoms with van der Waals surface area (Å²) in [6.45, 7) is 7.55. The summed E-state index contributed by atoms with van der Waals surface area (Å²) in [5.41, 5.74) is -0.282. The van der Waals surface area contributed by atoms with Gasteiger partial charge in [-0.15, -0.1) is 0 Å². The van der Waals surface area contributed by atoms with E-state index in [2.05, 4.69) is 21.2 Å². The van der Waals surface area contributed by atoms with Gasteiger partial charge in [-0.05, 0) is 38.5 Å². The first-order valence-corrected chi connectivity index (χ1v) is 8.98. The summed E-state index contributed by atoms with van der Waals surface area (Å²) in [6, 6.07) is 8.01. The van der Waals surface area contributed by atoms with Gasteiger partial charge in [0.25, 0.3) is 0 Å². The van der Waals surface area contributed by atoms with Gasteiger partial charge in [-0.25, -0.2) is 4.79 Å². The Labute approximate surface area is 151 Å². The molecule has 2 fully saturated rings. The second kappa shape index (κ2) is 6.41. The van der Waals surface area contributed by atoms with Crippen molar-refractivity contribution in [3.63, 3.8) is 0 Å². The molecule has 1 unspecified atom stereocenters. The molecule has 1 N–H and O–H groups in total. The van der Waals surface area contributed by atoms with E-state index >= 15 is 0 Å². The average molecular weight is 398 g/mol. The fourth-order valence-electron chi connectivity index (χ4n) is 3.21. The molecule has 3 rings (SSSR count). The van der Waals surface area contributed by atoms with E-state index in [1.54, 1.807) is 0 Å². The summed E-state index contributed by atoms with van der Waals surface area (Å²) >= 11 is 3.46. The van der Waals surface area contributed by atoms with Crippen LogP contribution in [0.4, 0.5) is 0 Å². The number of hydrogen-bond donors (Lipinski definition) is 1. The van der Waals surface area contributed by atoms with Crippen molar-refractivity contribution < 1.29 is 19.0 Å². The quantitative estimate of drug-likeness (QED) is 0.791. The third-order valence-electron chi connectivity index (χ3n) is 4.37. The molecule has 1 aromatic carbocycles. The summed E-state index contributed by atoms with van der Waals surface area (Å²) in [5.74, 6) is -0.355. The van der Waals surface area contributed by atoms with Crippen molar-refractivity contribution in [2.75, 3.05) is 26.3 Å². The van der Waals surface area contributed by atoms with Crippen LogP contribution in [0.15, 0.2) is 28.7 Å². The third-order valence-corrected chi connectivity index (χ3v) is 4.90. The zero-order valence-electron chi connectivity index (χ0n) is 14.4. The van der Waals surface area contributed by atoms with E-state index in [9.17, 15) is 4.79 Å². The van der Waals surface area contributed by atoms with Gasteiger partial charge in [-0.2, -0.15) is 0 Å². The Morgan fingerprint density at radius 3 is 2.46 bits per heavy atom. The number of hydrogen-bond acceptors (Lipinski definition) is 5. The zero-order chi connectivity index (χ0) is 17.4. The minimum absolute atomic E-state index is 0.0831. The van der Waals surface area contributed by atoms with Crippen molar-refractivity contribution in [1.82, 2.24) is 5.32 Å². The SMILES string of the molecule is CC(C)(C)OC(=O)COC1(c2ccc(Br)cc2)COC2(CNC2)C1. The first-order chi connectivity index (χ1) is 11.2. The van der Waals surface area contributed by atoms with Gasteiger partial charge < -0.3 is 19.5 Å². The number of rotatable bonds is 4. The Morgan fingerprint density at radius 2 is 1.96 bits per heavy atom. The fourth-order valence-corrected chi connectivity index (χ4v) is 3.47. The summed E-state index contributed by atoms with van der Waals surface area (Å²) in [4.78, 5) is 12.1.